The van der Waals surface area contributed by atoms with Crippen LogP contribution in [0.5, 0.6) is 0 Å². The molecule has 0 radical (unpaired) electrons. The van der Waals surface area contributed by atoms with Gasteiger partial charge in [0.25, 0.3) is 0 Å². The van der Waals surface area contributed by atoms with Gasteiger partial charge in [-0.3, -0.25) is 4.79 Å². The van der Waals surface area contributed by atoms with Gasteiger partial charge in [-0.15, -0.1) is 0 Å². The summed E-state index contributed by atoms with van der Waals surface area (Å²) in [6.45, 7) is 3.00. The van der Waals surface area contributed by atoms with Crippen LogP contribution in [0.4, 0.5) is 10.1 Å². The van der Waals surface area contributed by atoms with Crippen LogP contribution in [-0.4, -0.2) is 39.3 Å². The molecule has 0 aliphatic rings. The number of benzene rings is 1. The van der Waals surface area contributed by atoms with E-state index in [1.807, 2.05) is 18.9 Å². The van der Waals surface area contributed by atoms with Crippen LogP contribution in [0.15, 0.2) is 24.3 Å². The fourth-order valence-corrected chi connectivity index (χ4v) is 1.70. The lowest BCUT2D eigenvalue weighted by Crippen LogP contribution is -2.45. The molecular formula is C13H19FN2O2. The average molecular weight is 254 g/mol. The molecule has 100 valence electrons. The first-order valence-electron chi connectivity index (χ1n) is 5.86. The predicted octanol–water partition coefficient (Wildman–Crippen LogP) is 1.41. The smallest absolute Gasteiger partial charge is 0.324 e. The maximum absolute atomic E-state index is 13.1. The van der Waals surface area contributed by atoms with E-state index in [4.69, 9.17) is 4.74 Å². The minimum absolute atomic E-state index is 0.294. The minimum atomic E-state index is -0.423. The van der Waals surface area contributed by atoms with Crippen LogP contribution in [0.3, 0.4) is 0 Å². The lowest BCUT2D eigenvalue weighted by atomic mass is 10.2. The van der Waals surface area contributed by atoms with E-state index < -0.39 is 6.04 Å². The van der Waals surface area contributed by atoms with Crippen molar-refractivity contribution in [1.82, 2.24) is 5.32 Å². The Bertz CT molecular complexity index is 398. The van der Waals surface area contributed by atoms with Crippen LogP contribution in [0, 0.1) is 5.82 Å². The maximum Gasteiger partial charge on any atom is 0.324 e. The van der Waals surface area contributed by atoms with Crippen molar-refractivity contribution in [3.8, 4) is 0 Å². The fraction of sp³-hybridized carbons (Fsp3) is 0.462. The molecule has 1 N–H and O–H groups in total. The van der Waals surface area contributed by atoms with E-state index in [1.54, 1.807) is 12.1 Å². The molecule has 1 atom stereocenters. The first kappa shape index (κ1) is 14.4. The molecular weight excluding hydrogens is 235 g/mol. The van der Waals surface area contributed by atoms with Gasteiger partial charge in [-0.25, -0.2) is 4.39 Å². The summed E-state index contributed by atoms with van der Waals surface area (Å²) in [6, 6.07) is 5.83. The summed E-state index contributed by atoms with van der Waals surface area (Å²) >= 11 is 0. The number of nitrogens with zero attached hydrogens (tertiary/aromatic N) is 1. The van der Waals surface area contributed by atoms with Crippen LogP contribution < -0.4 is 10.2 Å². The number of methoxy groups -OCH3 is 1. The Morgan fingerprint density at radius 2 is 2.28 bits per heavy atom. The van der Waals surface area contributed by atoms with Crippen molar-refractivity contribution >= 4 is 11.7 Å². The van der Waals surface area contributed by atoms with E-state index in [2.05, 4.69) is 5.32 Å². The van der Waals surface area contributed by atoms with Gasteiger partial charge < -0.3 is 15.0 Å². The Hall–Kier alpha value is -1.62. The molecule has 1 aromatic carbocycles. The summed E-state index contributed by atoms with van der Waals surface area (Å²) in [6.07, 6.45) is 0. The lowest BCUT2D eigenvalue weighted by molar-refractivity contribution is -0.142. The minimum Gasteiger partial charge on any atom is -0.468 e. The number of rotatable bonds is 6. The van der Waals surface area contributed by atoms with Crippen LogP contribution in [0.2, 0.25) is 0 Å². The normalized spacial score (nSPS) is 12.0. The Morgan fingerprint density at radius 1 is 1.56 bits per heavy atom. The zero-order valence-corrected chi connectivity index (χ0v) is 10.9. The maximum atomic E-state index is 13.1. The number of carbonyl (C=O) groups is 1. The molecule has 0 aliphatic carbocycles. The Morgan fingerprint density at radius 3 is 2.83 bits per heavy atom. The fourth-order valence-electron chi connectivity index (χ4n) is 1.70. The summed E-state index contributed by atoms with van der Waals surface area (Å²) < 4.78 is 17.8. The van der Waals surface area contributed by atoms with Gasteiger partial charge >= 0.3 is 5.97 Å². The molecule has 0 bridgehead atoms. The number of anilines is 1. The van der Waals surface area contributed by atoms with Gasteiger partial charge in [0.2, 0.25) is 0 Å². The summed E-state index contributed by atoms with van der Waals surface area (Å²) in [5.41, 5.74) is 0.724. The Balaban J connectivity index is 2.71. The van der Waals surface area contributed by atoms with Crippen molar-refractivity contribution in [3.63, 3.8) is 0 Å². The summed E-state index contributed by atoms with van der Waals surface area (Å²) in [5.74, 6) is -0.613. The third kappa shape index (κ3) is 4.00. The van der Waals surface area contributed by atoms with E-state index >= 15 is 0 Å². The molecule has 1 aromatic rings. The molecule has 1 unspecified atom stereocenters. The van der Waals surface area contributed by atoms with Gasteiger partial charge in [0.05, 0.1) is 7.11 Å². The molecule has 0 saturated heterocycles. The highest BCUT2D eigenvalue weighted by molar-refractivity contribution is 5.76. The molecule has 0 aliphatic heterocycles. The van der Waals surface area contributed by atoms with E-state index in [0.717, 1.165) is 5.69 Å². The number of carbonyl (C=O) groups excluding carboxylic acids is 1. The highest BCUT2D eigenvalue weighted by atomic mass is 19.1. The van der Waals surface area contributed by atoms with E-state index in [-0.39, 0.29) is 11.8 Å². The second-order valence-corrected chi connectivity index (χ2v) is 3.99. The number of ether oxygens (including phenoxy) is 1. The standard InChI is InChI=1S/C13H19FN2O2/c1-4-15-12(13(17)18-3)9-16(2)11-7-5-6-10(14)8-11/h5-8,12,15H,4,9H2,1-3H3. The molecule has 0 fully saturated rings. The second-order valence-electron chi connectivity index (χ2n) is 3.99. The second kappa shape index (κ2) is 6.96. The Kier molecular flexibility index (Phi) is 5.58. The predicted molar refractivity (Wildman–Crippen MR) is 69.2 cm³/mol. The summed E-state index contributed by atoms with van der Waals surface area (Å²) in [4.78, 5) is 13.4. The topological polar surface area (TPSA) is 41.6 Å². The van der Waals surface area contributed by atoms with Gasteiger partial charge in [-0.1, -0.05) is 13.0 Å². The van der Waals surface area contributed by atoms with Crippen molar-refractivity contribution in [3.05, 3.63) is 30.1 Å². The molecule has 4 nitrogen and oxygen atoms in total. The van der Waals surface area contributed by atoms with E-state index in [9.17, 15) is 9.18 Å². The largest absolute Gasteiger partial charge is 0.468 e. The first-order valence-corrected chi connectivity index (χ1v) is 5.86. The Labute approximate surface area is 107 Å². The first-order chi connectivity index (χ1) is 8.58. The number of hydrogen-bond acceptors (Lipinski definition) is 4. The van der Waals surface area contributed by atoms with Crippen molar-refractivity contribution in [1.29, 1.82) is 0 Å². The van der Waals surface area contributed by atoms with E-state index in [0.29, 0.717) is 13.1 Å². The number of likely N-dealkylation sites (N-methyl/N-ethyl adjacent to an activating group) is 2. The van der Waals surface area contributed by atoms with Crippen LogP contribution >= 0.6 is 0 Å². The van der Waals surface area contributed by atoms with Crippen molar-refractivity contribution < 1.29 is 13.9 Å². The zero-order valence-electron chi connectivity index (χ0n) is 10.9. The highest BCUT2D eigenvalue weighted by Crippen LogP contribution is 2.14. The summed E-state index contributed by atoms with van der Waals surface area (Å²) in [5, 5.41) is 3.04. The number of halogens is 1. The molecule has 0 spiro atoms. The van der Waals surface area contributed by atoms with Gasteiger partial charge in [-0.05, 0) is 24.7 Å². The van der Waals surface area contributed by atoms with Crippen molar-refractivity contribution in [2.45, 2.75) is 13.0 Å². The van der Waals surface area contributed by atoms with Crippen LogP contribution in [0.1, 0.15) is 6.92 Å². The quantitative estimate of drug-likeness (QED) is 0.779. The third-order valence-corrected chi connectivity index (χ3v) is 2.64. The van der Waals surface area contributed by atoms with Crippen LogP contribution in [0.25, 0.3) is 0 Å². The van der Waals surface area contributed by atoms with Gasteiger partial charge in [-0.2, -0.15) is 0 Å². The molecule has 0 amide bonds. The molecule has 0 saturated carbocycles. The van der Waals surface area contributed by atoms with Gasteiger partial charge in [0.1, 0.15) is 11.9 Å². The zero-order chi connectivity index (χ0) is 13.5. The number of hydrogen-bond donors (Lipinski definition) is 1. The van der Waals surface area contributed by atoms with Gasteiger partial charge in [0.15, 0.2) is 0 Å². The number of nitrogens with one attached hydrogen (secondary N) is 1. The molecule has 5 heteroatoms. The highest BCUT2D eigenvalue weighted by Gasteiger charge is 2.20. The van der Waals surface area contributed by atoms with Crippen LogP contribution in [-0.2, 0) is 9.53 Å². The lowest BCUT2D eigenvalue weighted by Gasteiger charge is -2.24. The number of esters is 1. The molecule has 18 heavy (non-hydrogen) atoms. The third-order valence-electron chi connectivity index (χ3n) is 2.64. The van der Waals surface area contributed by atoms with Crippen molar-refractivity contribution in [2.75, 3.05) is 32.1 Å². The average Bonchev–Trinajstić information content (AvgIpc) is 2.37. The molecule has 0 heterocycles. The summed E-state index contributed by atoms with van der Waals surface area (Å²) in [7, 11) is 3.16. The monoisotopic (exact) mass is 254 g/mol. The van der Waals surface area contributed by atoms with Crippen molar-refractivity contribution in [2.24, 2.45) is 0 Å². The molecule has 1 rings (SSSR count). The molecule has 0 aromatic heterocycles. The van der Waals surface area contributed by atoms with Gasteiger partial charge in [0, 0.05) is 19.3 Å². The van der Waals surface area contributed by atoms with E-state index in [1.165, 1.54) is 19.2 Å². The SMILES string of the molecule is CCNC(CN(C)c1cccc(F)c1)C(=O)OC.